The van der Waals surface area contributed by atoms with Crippen LogP contribution < -0.4 is 5.43 Å². The fraction of sp³-hybridized carbons (Fsp3) is 0.308. The van der Waals surface area contributed by atoms with Crippen molar-refractivity contribution < 1.29 is 14.7 Å². The third-order valence-electron chi connectivity index (χ3n) is 2.52. The molecule has 1 aromatic carbocycles. The van der Waals surface area contributed by atoms with Gasteiger partial charge in [-0.2, -0.15) is 5.10 Å². The summed E-state index contributed by atoms with van der Waals surface area (Å²) in [5.74, 6) is -1.22. The summed E-state index contributed by atoms with van der Waals surface area (Å²) in [5, 5.41) is 12.8. The maximum absolute atomic E-state index is 11.6. The molecule has 0 aliphatic carbocycles. The van der Waals surface area contributed by atoms with Crippen LogP contribution in [0.4, 0.5) is 0 Å². The molecule has 2 amide bonds. The van der Waals surface area contributed by atoms with Gasteiger partial charge in [0, 0.05) is 13.1 Å². The van der Waals surface area contributed by atoms with Gasteiger partial charge in [0.1, 0.15) is 5.75 Å². The van der Waals surface area contributed by atoms with Gasteiger partial charge in [-0.05, 0) is 43.7 Å². The number of carbonyl (C=O) groups excluding carboxylic acids is 2. The molecule has 6 heteroatoms. The molecule has 0 aliphatic rings. The summed E-state index contributed by atoms with van der Waals surface area (Å²) >= 11 is 0. The van der Waals surface area contributed by atoms with Crippen LogP contribution in [0.2, 0.25) is 0 Å². The Bertz CT molecular complexity index is 465. The van der Waals surface area contributed by atoms with Gasteiger partial charge in [0.25, 0.3) is 0 Å². The zero-order valence-corrected chi connectivity index (χ0v) is 11.0. The van der Waals surface area contributed by atoms with Crippen molar-refractivity contribution in [1.82, 2.24) is 10.3 Å². The predicted molar refractivity (Wildman–Crippen MR) is 71.8 cm³/mol. The first-order chi connectivity index (χ1) is 9.08. The lowest BCUT2D eigenvalue weighted by Crippen LogP contribution is -2.41. The Labute approximate surface area is 111 Å². The summed E-state index contributed by atoms with van der Waals surface area (Å²) in [6.45, 7) is 4.55. The minimum atomic E-state index is -0.765. The number of nitrogens with zero attached hydrogens (tertiary/aromatic N) is 2. The monoisotopic (exact) mass is 263 g/mol. The fourth-order valence-corrected chi connectivity index (χ4v) is 1.43. The minimum Gasteiger partial charge on any atom is -0.508 e. The van der Waals surface area contributed by atoms with Crippen molar-refractivity contribution in [3.63, 3.8) is 0 Å². The molecule has 0 aliphatic heterocycles. The van der Waals surface area contributed by atoms with Gasteiger partial charge in [0.15, 0.2) is 0 Å². The number of phenolic OH excluding ortho intramolecular Hbond substituents is 1. The molecule has 0 radical (unpaired) electrons. The third kappa shape index (κ3) is 4.42. The van der Waals surface area contributed by atoms with Crippen LogP contribution in [0.15, 0.2) is 29.4 Å². The number of phenols is 1. The Morgan fingerprint density at radius 2 is 1.84 bits per heavy atom. The number of nitrogens with one attached hydrogen (secondary N) is 1. The number of likely N-dealkylation sites (N-methyl/N-ethyl adjacent to an activating group) is 1. The van der Waals surface area contributed by atoms with Crippen LogP contribution in [0, 0.1) is 0 Å². The number of amides is 2. The largest absolute Gasteiger partial charge is 0.508 e. The molecule has 0 heterocycles. The van der Waals surface area contributed by atoms with Crippen LogP contribution in [-0.4, -0.2) is 41.1 Å². The second-order valence-corrected chi connectivity index (χ2v) is 3.77. The van der Waals surface area contributed by atoms with Crippen molar-refractivity contribution in [3.05, 3.63) is 29.8 Å². The zero-order chi connectivity index (χ0) is 14.3. The maximum atomic E-state index is 11.6. The van der Waals surface area contributed by atoms with Crippen molar-refractivity contribution in [3.8, 4) is 5.75 Å². The van der Waals surface area contributed by atoms with Crippen LogP contribution in [0.5, 0.6) is 5.75 Å². The first-order valence-corrected chi connectivity index (χ1v) is 5.99. The molecule has 1 rings (SSSR count). The summed E-state index contributed by atoms with van der Waals surface area (Å²) in [4.78, 5) is 24.5. The van der Waals surface area contributed by atoms with E-state index >= 15 is 0 Å². The van der Waals surface area contributed by atoms with Gasteiger partial charge in [-0.15, -0.1) is 0 Å². The highest BCUT2D eigenvalue weighted by Gasteiger charge is 2.18. The highest BCUT2D eigenvalue weighted by Crippen LogP contribution is 2.07. The molecular formula is C13H17N3O3. The molecule has 0 fully saturated rings. The van der Waals surface area contributed by atoms with Gasteiger partial charge >= 0.3 is 11.8 Å². The molecule has 0 atom stereocenters. The third-order valence-corrected chi connectivity index (χ3v) is 2.52. The van der Waals surface area contributed by atoms with E-state index in [9.17, 15) is 9.59 Å². The van der Waals surface area contributed by atoms with E-state index < -0.39 is 11.8 Å². The normalized spacial score (nSPS) is 10.4. The summed E-state index contributed by atoms with van der Waals surface area (Å²) in [7, 11) is 0. The van der Waals surface area contributed by atoms with E-state index in [0.717, 1.165) is 0 Å². The Balaban J connectivity index is 2.54. The molecule has 0 spiro atoms. The average molecular weight is 263 g/mol. The number of hydrazone groups is 1. The first kappa shape index (κ1) is 14.7. The van der Waals surface area contributed by atoms with Gasteiger partial charge in [-0.1, -0.05) is 0 Å². The standard InChI is InChI=1S/C13H17N3O3/c1-3-16(4-2)13(19)12(18)15-14-9-10-5-7-11(17)8-6-10/h5-9,17H,3-4H2,1-2H3,(H,15,18)/b14-9+. The molecule has 1 aromatic rings. The van der Waals surface area contributed by atoms with Crippen molar-refractivity contribution in [2.75, 3.05) is 13.1 Å². The van der Waals surface area contributed by atoms with Crippen molar-refractivity contribution >= 4 is 18.0 Å². The first-order valence-electron chi connectivity index (χ1n) is 5.99. The number of aromatic hydroxyl groups is 1. The Morgan fingerprint density at radius 3 is 2.37 bits per heavy atom. The second-order valence-electron chi connectivity index (χ2n) is 3.77. The fourth-order valence-electron chi connectivity index (χ4n) is 1.43. The Morgan fingerprint density at radius 1 is 1.26 bits per heavy atom. The number of carbonyl (C=O) groups is 2. The summed E-state index contributed by atoms with van der Waals surface area (Å²) < 4.78 is 0. The average Bonchev–Trinajstić information content (AvgIpc) is 2.42. The van der Waals surface area contributed by atoms with E-state index in [1.807, 2.05) is 0 Å². The van der Waals surface area contributed by atoms with Crippen LogP contribution in [0.25, 0.3) is 0 Å². The van der Waals surface area contributed by atoms with Crippen LogP contribution >= 0.6 is 0 Å². The molecule has 0 saturated heterocycles. The molecule has 0 bridgehead atoms. The molecule has 102 valence electrons. The van der Waals surface area contributed by atoms with Crippen LogP contribution in [-0.2, 0) is 9.59 Å². The molecule has 2 N–H and O–H groups in total. The summed E-state index contributed by atoms with van der Waals surface area (Å²) in [6.07, 6.45) is 1.40. The minimum absolute atomic E-state index is 0.151. The SMILES string of the molecule is CCN(CC)C(=O)C(=O)N/N=C/c1ccc(O)cc1. The highest BCUT2D eigenvalue weighted by molar-refractivity contribution is 6.34. The van der Waals surface area contributed by atoms with E-state index in [4.69, 9.17) is 5.11 Å². The Kier molecular flexibility index (Phi) is 5.53. The maximum Gasteiger partial charge on any atom is 0.329 e. The van der Waals surface area contributed by atoms with E-state index in [0.29, 0.717) is 18.7 Å². The quantitative estimate of drug-likeness (QED) is 0.477. The number of rotatable bonds is 4. The van der Waals surface area contributed by atoms with E-state index in [1.165, 1.54) is 23.2 Å². The van der Waals surface area contributed by atoms with Gasteiger partial charge in [0.05, 0.1) is 6.21 Å². The lowest BCUT2D eigenvalue weighted by Gasteiger charge is -2.16. The molecule has 0 aromatic heterocycles. The van der Waals surface area contributed by atoms with Crippen molar-refractivity contribution in [2.45, 2.75) is 13.8 Å². The molecule has 0 unspecified atom stereocenters. The number of hydrogen-bond acceptors (Lipinski definition) is 4. The summed E-state index contributed by atoms with van der Waals surface area (Å²) in [5.41, 5.74) is 2.87. The second kappa shape index (κ2) is 7.15. The van der Waals surface area contributed by atoms with Crippen molar-refractivity contribution in [1.29, 1.82) is 0 Å². The highest BCUT2D eigenvalue weighted by atomic mass is 16.3. The van der Waals surface area contributed by atoms with E-state index in [2.05, 4.69) is 10.5 Å². The topological polar surface area (TPSA) is 82.0 Å². The van der Waals surface area contributed by atoms with Gasteiger partial charge in [-0.25, -0.2) is 5.43 Å². The molecule has 0 saturated carbocycles. The molecular weight excluding hydrogens is 246 g/mol. The lowest BCUT2D eigenvalue weighted by molar-refractivity contribution is -0.145. The van der Waals surface area contributed by atoms with Crippen LogP contribution in [0.1, 0.15) is 19.4 Å². The van der Waals surface area contributed by atoms with Gasteiger partial charge in [0.2, 0.25) is 0 Å². The smallest absolute Gasteiger partial charge is 0.329 e. The van der Waals surface area contributed by atoms with E-state index in [1.54, 1.807) is 26.0 Å². The predicted octanol–water partition coefficient (Wildman–Crippen LogP) is 0.711. The van der Waals surface area contributed by atoms with E-state index in [-0.39, 0.29) is 5.75 Å². The number of hydrogen-bond donors (Lipinski definition) is 2. The van der Waals surface area contributed by atoms with Gasteiger partial charge in [-0.3, -0.25) is 9.59 Å². The molecule has 6 nitrogen and oxygen atoms in total. The summed E-state index contributed by atoms with van der Waals surface area (Å²) in [6, 6.07) is 6.28. The van der Waals surface area contributed by atoms with Gasteiger partial charge < -0.3 is 10.0 Å². The van der Waals surface area contributed by atoms with Crippen molar-refractivity contribution in [2.24, 2.45) is 5.10 Å². The Hall–Kier alpha value is -2.37. The zero-order valence-electron chi connectivity index (χ0n) is 11.0. The molecule has 19 heavy (non-hydrogen) atoms. The lowest BCUT2D eigenvalue weighted by atomic mass is 10.2. The van der Waals surface area contributed by atoms with Crippen LogP contribution in [0.3, 0.4) is 0 Å². The number of benzene rings is 1.